The Labute approximate surface area is 196 Å². The van der Waals surface area contributed by atoms with Crippen LogP contribution >= 0.6 is 15.9 Å². The average molecular weight is 536 g/mol. The van der Waals surface area contributed by atoms with E-state index in [4.69, 9.17) is 13.6 Å². The Morgan fingerprint density at radius 3 is 2.16 bits per heavy atom. The molecule has 31 heavy (non-hydrogen) atoms. The minimum Gasteiger partial charge on any atom is -0.414 e. The first-order valence-corrected chi connectivity index (χ1v) is 17.4. The van der Waals surface area contributed by atoms with Crippen LogP contribution in [0.2, 0.25) is 36.3 Å². The summed E-state index contributed by atoms with van der Waals surface area (Å²) in [6, 6.07) is 0. The van der Waals surface area contributed by atoms with Crippen molar-refractivity contribution in [2.24, 2.45) is 0 Å². The van der Waals surface area contributed by atoms with Gasteiger partial charge in [0.2, 0.25) is 0 Å². The Morgan fingerprint density at radius 2 is 1.65 bits per heavy atom. The first kappa shape index (κ1) is 26.7. The van der Waals surface area contributed by atoms with Gasteiger partial charge in [0.25, 0.3) is 5.56 Å². The molecule has 0 aromatic carbocycles. The number of nitrogens with one attached hydrogen (secondary N) is 1. The maximum absolute atomic E-state index is 12.4. The number of hydrogen-bond acceptors (Lipinski definition) is 5. The maximum atomic E-state index is 12.4. The lowest BCUT2D eigenvalue weighted by atomic mass is 10.2. The number of aromatic nitrogens is 2. The molecular weight excluding hydrogens is 496 g/mol. The van der Waals surface area contributed by atoms with Gasteiger partial charge in [0.15, 0.2) is 16.6 Å². The van der Waals surface area contributed by atoms with Gasteiger partial charge in [-0.1, -0.05) is 41.5 Å². The van der Waals surface area contributed by atoms with Gasteiger partial charge in [0.05, 0.1) is 17.2 Å². The number of ether oxygens (including phenoxy) is 1. The number of halogens is 1. The molecule has 1 aliphatic heterocycles. The van der Waals surface area contributed by atoms with Crippen LogP contribution in [0.25, 0.3) is 0 Å². The van der Waals surface area contributed by atoms with E-state index in [9.17, 15) is 9.59 Å². The zero-order valence-electron chi connectivity index (χ0n) is 20.6. The lowest BCUT2D eigenvalue weighted by Gasteiger charge is -2.40. The number of aromatic amines is 1. The van der Waals surface area contributed by atoms with Crippen molar-refractivity contribution in [3.63, 3.8) is 0 Å². The Hall–Kier alpha value is -0.526. The van der Waals surface area contributed by atoms with Gasteiger partial charge in [0.1, 0.15) is 12.3 Å². The predicted octanol–water partition coefficient (Wildman–Crippen LogP) is 5.00. The van der Waals surface area contributed by atoms with E-state index in [0.717, 1.165) is 0 Å². The minimum absolute atomic E-state index is 0.0494. The molecule has 1 aromatic heterocycles. The second-order valence-corrected chi connectivity index (χ2v) is 21.9. The summed E-state index contributed by atoms with van der Waals surface area (Å²) < 4.78 is 21.2. The van der Waals surface area contributed by atoms with E-state index in [1.165, 1.54) is 10.8 Å². The second kappa shape index (κ2) is 9.02. The van der Waals surface area contributed by atoms with E-state index in [2.05, 4.69) is 88.6 Å². The first-order valence-electron chi connectivity index (χ1n) is 10.8. The summed E-state index contributed by atoms with van der Waals surface area (Å²) in [6.07, 6.45) is 1.02. The largest absolute Gasteiger partial charge is 0.414 e. The van der Waals surface area contributed by atoms with Crippen LogP contribution in [-0.4, -0.2) is 45.0 Å². The molecule has 1 fully saturated rings. The third-order valence-electron chi connectivity index (χ3n) is 7.08. The molecule has 1 N–H and O–H groups in total. The van der Waals surface area contributed by atoms with E-state index >= 15 is 0 Å². The van der Waals surface area contributed by atoms with Gasteiger partial charge in [-0.15, -0.1) is 0 Å². The molecule has 2 rings (SSSR count). The highest BCUT2D eigenvalue weighted by molar-refractivity contribution is 9.10. The van der Waals surface area contributed by atoms with E-state index < -0.39 is 34.1 Å². The fourth-order valence-corrected chi connectivity index (χ4v) is 5.57. The SMILES string of the molecule is CC(C)(C)[Si](C)(C)OC[C@H]1O[C@@H](n2cc(Br)c(=O)[nH]c2=O)CC1O[Si](C)(C)C(C)(C)C. The third kappa shape index (κ3) is 6.08. The molecule has 0 amide bonds. The fourth-order valence-electron chi connectivity index (χ4n) is 2.88. The monoisotopic (exact) mass is 534 g/mol. The van der Waals surface area contributed by atoms with Crippen LogP contribution in [0.1, 0.15) is 54.2 Å². The number of rotatable bonds is 6. The molecule has 10 heteroatoms. The fraction of sp³-hybridized carbons (Fsp3) is 0.810. The van der Waals surface area contributed by atoms with Crippen LogP contribution in [0.3, 0.4) is 0 Å². The van der Waals surface area contributed by atoms with Crippen molar-refractivity contribution in [3.8, 4) is 0 Å². The second-order valence-electron chi connectivity index (χ2n) is 11.5. The van der Waals surface area contributed by atoms with E-state index in [1.54, 1.807) is 0 Å². The number of nitrogens with zero attached hydrogens (tertiary/aromatic N) is 1. The first-order chi connectivity index (χ1) is 13.9. The Bertz CT molecular complexity index is 899. The van der Waals surface area contributed by atoms with Crippen molar-refractivity contribution in [3.05, 3.63) is 31.5 Å². The van der Waals surface area contributed by atoms with Crippen LogP contribution < -0.4 is 11.2 Å². The molecule has 0 saturated carbocycles. The van der Waals surface area contributed by atoms with Crippen molar-refractivity contribution in [1.82, 2.24) is 9.55 Å². The number of H-pyrrole nitrogens is 1. The van der Waals surface area contributed by atoms with Crippen LogP contribution in [0.15, 0.2) is 20.3 Å². The van der Waals surface area contributed by atoms with E-state index in [0.29, 0.717) is 17.5 Å². The van der Waals surface area contributed by atoms with Crippen molar-refractivity contribution < 1.29 is 13.6 Å². The quantitative estimate of drug-likeness (QED) is 0.519. The topological polar surface area (TPSA) is 82.5 Å². The molecule has 0 spiro atoms. The highest BCUT2D eigenvalue weighted by Gasteiger charge is 2.46. The van der Waals surface area contributed by atoms with Crippen molar-refractivity contribution in [2.75, 3.05) is 6.61 Å². The van der Waals surface area contributed by atoms with Crippen LogP contribution in [0.4, 0.5) is 0 Å². The van der Waals surface area contributed by atoms with Crippen molar-refractivity contribution in [1.29, 1.82) is 0 Å². The van der Waals surface area contributed by atoms with E-state index in [1.807, 2.05) is 0 Å². The zero-order valence-corrected chi connectivity index (χ0v) is 24.2. The predicted molar refractivity (Wildman–Crippen MR) is 133 cm³/mol. The molecular formula is C21H39BrN2O5Si2. The Balaban J connectivity index is 2.32. The van der Waals surface area contributed by atoms with Crippen LogP contribution in [0, 0.1) is 0 Å². The van der Waals surface area contributed by atoms with Gasteiger partial charge in [-0.3, -0.25) is 14.3 Å². The van der Waals surface area contributed by atoms with Gasteiger partial charge in [-0.25, -0.2) is 4.79 Å². The average Bonchev–Trinajstić information content (AvgIpc) is 2.96. The molecule has 1 aliphatic rings. The minimum atomic E-state index is -2.07. The molecule has 7 nitrogen and oxygen atoms in total. The lowest BCUT2D eigenvalue weighted by Crippen LogP contribution is -2.48. The third-order valence-corrected chi connectivity index (χ3v) is 16.7. The number of hydrogen-bond donors (Lipinski definition) is 1. The maximum Gasteiger partial charge on any atom is 0.330 e. The summed E-state index contributed by atoms with van der Waals surface area (Å²) in [5.74, 6) is 0. The standard InChI is InChI=1S/C21H39BrN2O5Si2/c1-20(2,3)30(7,8)27-13-16-15(29-31(9,10)21(4,5)6)11-17(28-16)24-12-14(22)18(25)23-19(24)26/h12,15-17H,11,13H2,1-10H3,(H,23,25,26)/t15?,16-,17-/m1/s1. The summed E-state index contributed by atoms with van der Waals surface area (Å²) >= 11 is 3.21. The lowest BCUT2D eigenvalue weighted by molar-refractivity contribution is -0.0413. The van der Waals surface area contributed by atoms with Gasteiger partial charge in [-0.2, -0.15) is 0 Å². The van der Waals surface area contributed by atoms with Gasteiger partial charge in [-0.05, 0) is 52.2 Å². The van der Waals surface area contributed by atoms with Gasteiger partial charge < -0.3 is 13.6 Å². The molecule has 0 radical (unpaired) electrons. The van der Waals surface area contributed by atoms with Gasteiger partial charge >= 0.3 is 5.69 Å². The van der Waals surface area contributed by atoms with Gasteiger partial charge in [0, 0.05) is 12.6 Å². The molecule has 178 valence electrons. The summed E-state index contributed by atoms with van der Waals surface area (Å²) in [4.78, 5) is 26.5. The molecule has 0 aliphatic carbocycles. The van der Waals surface area contributed by atoms with Crippen molar-refractivity contribution >= 4 is 32.6 Å². The summed E-state index contributed by atoms with van der Waals surface area (Å²) in [5, 5.41) is 0.134. The molecule has 3 atom stereocenters. The Kier molecular flexibility index (Phi) is 7.77. The molecule has 2 heterocycles. The Morgan fingerprint density at radius 1 is 1.10 bits per heavy atom. The zero-order chi connectivity index (χ0) is 24.0. The molecule has 1 unspecified atom stereocenters. The summed E-state index contributed by atoms with van der Waals surface area (Å²) in [7, 11) is -4.04. The van der Waals surface area contributed by atoms with Crippen molar-refractivity contribution in [2.45, 2.75) is 103 Å². The summed E-state index contributed by atoms with van der Waals surface area (Å²) in [6.45, 7) is 22.5. The highest BCUT2D eigenvalue weighted by atomic mass is 79.9. The smallest absolute Gasteiger partial charge is 0.330 e. The highest BCUT2D eigenvalue weighted by Crippen LogP contribution is 2.42. The summed E-state index contributed by atoms with van der Waals surface area (Å²) in [5.41, 5.74) is -0.943. The normalized spacial score (nSPS) is 23.4. The van der Waals surface area contributed by atoms with E-state index in [-0.39, 0.29) is 22.3 Å². The van der Waals surface area contributed by atoms with Crippen LogP contribution in [-0.2, 0) is 13.6 Å². The molecule has 1 aromatic rings. The molecule has 0 bridgehead atoms. The van der Waals surface area contributed by atoms with Crippen LogP contribution in [0.5, 0.6) is 0 Å². The molecule has 1 saturated heterocycles.